The summed E-state index contributed by atoms with van der Waals surface area (Å²) in [5.74, 6) is -0.568. The Morgan fingerprint density at radius 2 is 2.00 bits per heavy atom. The molecule has 0 fully saturated rings. The van der Waals surface area contributed by atoms with Crippen molar-refractivity contribution >= 4 is 28.9 Å². The molecule has 2 N–H and O–H groups in total. The lowest BCUT2D eigenvalue weighted by atomic mass is 10.2. The number of nitrogens with one attached hydrogen (secondary N) is 2. The fourth-order valence-electron chi connectivity index (χ4n) is 2.58. The van der Waals surface area contributed by atoms with E-state index in [1.165, 1.54) is 35.5 Å². The van der Waals surface area contributed by atoms with Crippen LogP contribution in [0.5, 0.6) is 11.5 Å². The van der Waals surface area contributed by atoms with Crippen LogP contribution in [0.4, 0.5) is 20.2 Å². The number of aromatic nitrogens is 3. The lowest BCUT2D eigenvalue weighted by Gasteiger charge is -2.12. The highest BCUT2D eigenvalue weighted by Gasteiger charge is 2.43. The van der Waals surface area contributed by atoms with Gasteiger partial charge in [0.05, 0.1) is 17.9 Å². The van der Waals surface area contributed by atoms with Gasteiger partial charge >= 0.3 is 6.29 Å². The molecular weight excluding hydrogens is 396 g/mol. The number of benzene rings is 2. The van der Waals surface area contributed by atoms with E-state index in [4.69, 9.17) is 11.6 Å². The number of fused-ring (bicyclic) bond motifs is 1. The molecular formula is C17H12ClF2N5O3. The number of alkyl halides is 2. The second-order valence-corrected chi connectivity index (χ2v) is 6.17. The largest absolute Gasteiger partial charge is 0.586 e. The molecule has 0 atom stereocenters. The topological polar surface area (TPSA) is 90.3 Å². The molecule has 2 aromatic carbocycles. The minimum atomic E-state index is -3.69. The fraction of sp³-hybridized carbons (Fsp3) is 0.118. The first-order valence-corrected chi connectivity index (χ1v) is 8.36. The molecule has 0 unspecified atom stereocenters. The first kappa shape index (κ1) is 18.0. The molecule has 11 heteroatoms. The van der Waals surface area contributed by atoms with E-state index in [1.54, 1.807) is 18.2 Å². The van der Waals surface area contributed by atoms with E-state index in [-0.39, 0.29) is 24.0 Å². The molecule has 8 nitrogen and oxygen atoms in total. The van der Waals surface area contributed by atoms with Crippen molar-refractivity contribution in [1.82, 2.24) is 14.8 Å². The van der Waals surface area contributed by atoms with Crippen LogP contribution in [0.2, 0.25) is 5.02 Å². The molecule has 4 rings (SSSR count). The van der Waals surface area contributed by atoms with Gasteiger partial charge in [0.15, 0.2) is 11.5 Å². The number of hydrogen-bond donors (Lipinski definition) is 2. The predicted octanol–water partition coefficient (Wildman–Crippen LogP) is 3.29. The van der Waals surface area contributed by atoms with Crippen LogP contribution in [0.3, 0.4) is 0 Å². The van der Waals surface area contributed by atoms with Crippen LogP contribution in [-0.4, -0.2) is 33.5 Å². The summed E-state index contributed by atoms with van der Waals surface area (Å²) in [5, 5.41) is 10.0. The Balaban J connectivity index is 1.43. The van der Waals surface area contributed by atoms with Gasteiger partial charge in [-0.1, -0.05) is 11.6 Å². The van der Waals surface area contributed by atoms with Crippen molar-refractivity contribution in [1.29, 1.82) is 0 Å². The number of carbonyl (C=O) groups is 1. The number of carbonyl (C=O) groups excluding carboxylic acids is 1. The van der Waals surface area contributed by atoms with Crippen molar-refractivity contribution in [3.8, 4) is 17.2 Å². The summed E-state index contributed by atoms with van der Waals surface area (Å²) in [6.07, 6.45) is -0.840. The zero-order valence-corrected chi connectivity index (χ0v) is 14.8. The van der Waals surface area contributed by atoms with Gasteiger partial charge in [0.25, 0.3) is 0 Å². The molecule has 3 aromatic rings. The Kier molecular flexibility index (Phi) is 4.47. The first-order chi connectivity index (χ1) is 13.4. The number of rotatable bonds is 5. The average Bonchev–Trinajstić information content (AvgIpc) is 3.26. The van der Waals surface area contributed by atoms with Crippen LogP contribution in [0.1, 0.15) is 0 Å². The second kappa shape index (κ2) is 6.97. The van der Waals surface area contributed by atoms with Crippen molar-refractivity contribution in [2.24, 2.45) is 0 Å². The lowest BCUT2D eigenvalue weighted by Crippen LogP contribution is -2.25. The predicted molar refractivity (Wildman–Crippen MR) is 96.1 cm³/mol. The van der Waals surface area contributed by atoms with Gasteiger partial charge in [-0.2, -0.15) is 5.10 Å². The van der Waals surface area contributed by atoms with E-state index in [0.717, 1.165) is 0 Å². The third-order valence-electron chi connectivity index (χ3n) is 3.75. The number of ether oxygens (including phenoxy) is 2. The van der Waals surface area contributed by atoms with Crippen LogP contribution < -0.4 is 20.1 Å². The van der Waals surface area contributed by atoms with E-state index < -0.39 is 6.29 Å². The van der Waals surface area contributed by atoms with E-state index in [9.17, 15) is 13.6 Å². The Morgan fingerprint density at radius 3 is 2.79 bits per heavy atom. The molecule has 28 heavy (non-hydrogen) atoms. The molecule has 0 saturated heterocycles. The Morgan fingerprint density at radius 1 is 1.18 bits per heavy atom. The summed E-state index contributed by atoms with van der Waals surface area (Å²) in [7, 11) is 0. The van der Waals surface area contributed by atoms with E-state index in [1.807, 2.05) is 0 Å². The van der Waals surface area contributed by atoms with Crippen LogP contribution in [-0.2, 0) is 4.79 Å². The maximum Gasteiger partial charge on any atom is 0.586 e. The van der Waals surface area contributed by atoms with Gasteiger partial charge in [-0.25, -0.2) is 9.67 Å². The van der Waals surface area contributed by atoms with Crippen LogP contribution in [0, 0.1) is 0 Å². The highest BCUT2D eigenvalue weighted by molar-refractivity contribution is 6.31. The summed E-state index contributed by atoms with van der Waals surface area (Å²) in [4.78, 5) is 16.2. The summed E-state index contributed by atoms with van der Waals surface area (Å²) < 4.78 is 36.3. The van der Waals surface area contributed by atoms with Gasteiger partial charge in [-0.05, 0) is 30.3 Å². The van der Waals surface area contributed by atoms with E-state index in [0.29, 0.717) is 22.1 Å². The average molecular weight is 408 g/mol. The maximum absolute atomic E-state index is 13.1. The monoisotopic (exact) mass is 407 g/mol. The summed E-state index contributed by atoms with van der Waals surface area (Å²) in [6.45, 7) is -0.126. The normalized spacial score (nSPS) is 14.0. The van der Waals surface area contributed by atoms with Crippen molar-refractivity contribution in [3.63, 3.8) is 0 Å². The molecule has 0 radical (unpaired) electrons. The molecule has 1 aliphatic heterocycles. The van der Waals surface area contributed by atoms with Crippen molar-refractivity contribution in [2.75, 3.05) is 17.2 Å². The van der Waals surface area contributed by atoms with Gasteiger partial charge in [0.1, 0.15) is 12.7 Å². The highest BCUT2D eigenvalue weighted by Crippen LogP contribution is 2.42. The zero-order valence-electron chi connectivity index (χ0n) is 14.0. The molecule has 0 saturated carbocycles. The Bertz CT molecular complexity index is 1030. The summed E-state index contributed by atoms with van der Waals surface area (Å²) in [6, 6.07) is 9.09. The highest BCUT2D eigenvalue weighted by atomic mass is 35.5. The van der Waals surface area contributed by atoms with Gasteiger partial charge in [0, 0.05) is 16.8 Å². The first-order valence-electron chi connectivity index (χ1n) is 7.98. The Hall–Kier alpha value is -3.40. The van der Waals surface area contributed by atoms with Crippen LogP contribution >= 0.6 is 11.6 Å². The zero-order chi connectivity index (χ0) is 19.7. The van der Waals surface area contributed by atoms with Gasteiger partial charge in [0.2, 0.25) is 5.91 Å². The number of amides is 1. The summed E-state index contributed by atoms with van der Waals surface area (Å²) >= 11 is 6.01. The molecule has 0 spiro atoms. The van der Waals surface area contributed by atoms with Crippen molar-refractivity contribution in [3.05, 3.63) is 54.1 Å². The second-order valence-electron chi connectivity index (χ2n) is 5.73. The third-order valence-corrected chi connectivity index (χ3v) is 3.99. The van der Waals surface area contributed by atoms with Gasteiger partial charge in [-0.3, -0.25) is 4.79 Å². The summed E-state index contributed by atoms with van der Waals surface area (Å²) in [5.41, 5.74) is 1.44. The standard InChI is InChI=1S/C17H12ClF2N5O3/c18-10-1-3-13(25-9-21-8-23-25)12(5-10)24-16(26)7-22-11-2-4-14-15(6-11)28-17(19,20)27-14/h1-6,8-9,22H,7H2,(H,24,26). The molecule has 2 heterocycles. The number of anilines is 2. The quantitative estimate of drug-likeness (QED) is 0.674. The van der Waals surface area contributed by atoms with Crippen LogP contribution in [0.15, 0.2) is 49.1 Å². The van der Waals surface area contributed by atoms with E-state index in [2.05, 4.69) is 30.2 Å². The Labute approximate surface area is 162 Å². The fourth-order valence-corrected chi connectivity index (χ4v) is 2.75. The van der Waals surface area contributed by atoms with Crippen molar-refractivity contribution < 1.29 is 23.0 Å². The molecule has 1 amide bonds. The SMILES string of the molecule is O=C(CNc1ccc2c(c1)OC(F)(F)O2)Nc1cc(Cl)ccc1-n1cncn1. The lowest BCUT2D eigenvalue weighted by molar-refractivity contribution is -0.286. The minimum Gasteiger partial charge on any atom is -0.395 e. The van der Waals surface area contributed by atoms with Crippen LogP contribution in [0.25, 0.3) is 5.69 Å². The smallest absolute Gasteiger partial charge is 0.395 e. The molecule has 0 bridgehead atoms. The molecule has 0 aliphatic carbocycles. The molecule has 1 aliphatic rings. The van der Waals surface area contributed by atoms with Crippen molar-refractivity contribution in [2.45, 2.75) is 6.29 Å². The minimum absolute atomic E-state index is 0.0728. The number of halogens is 3. The van der Waals surface area contributed by atoms with E-state index >= 15 is 0 Å². The number of nitrogens with zero attached hydrogens (tertiary/aromatic N) is 3. The molecule has 1 aromatic heterocycles. The van der Waals surface area contributed by atoms with Gasteiger partial charge in [-0.15, -0.1) is 8.78 Å². The number of hydrogen-bond acceptors (Lipinski definition) is 6. The third kappa shape index (κ3) is 3.81. The maximum atomic E-state index is 13.1. The molecule has 144 valence electrons. The van der Waals surface area contributed by atoms with Gasteiger partial charge < -0.3 is 20.1 Å².